The highest BCUT2D eigenvalue weighted by Crippen LogP contribution is 2.70. The minimum Gasteiger partial charge on any atom is -0.379 e. The molecule has 3 aliphatic rings. The van der Waals surface area contributed by atoms with Gasteiger partial charge < -0.3 is 14.6 Å². The first-order valence-electron chi connectivity index (χ1n) is 12.2. The van der Waals surface area contributed by atoms with Crippen LogP contribution in [0, 0.1) is 18.3 Å². The Labute approximate surface area is 202 Å². The van der Waals surface area contributed by atoms with Gasteiger partial charge in [0.2, 0.25) is 5.91 Å². The molecule has 6 rings (SSSR count). The molecule has 2 fully saturated rings. The van der Waals surface area contributed by atoms with Crippen molar-refractivity contribution in [2.45, 2.75) is 45.6 Å². The van der Waals surface area contributed by atoms with Gasteiger partial charge in [0.15, 0.2) is 5.82 Å². The first-order chi connectivity index (χ1) is 16.6. The van der Waals surface area contributed by atoms with Gasteiger partial charge in [0.05, 0.1) is 30.3 Å². The molecule has 3 heterocycles. The van der Waals surface area contributed by atoms with Crippen LogP contribution in [0.1, 0.15) is 30.7 Å². The minimum atomic E-state index is -2.64. The summed E-state index contributed by atoms with van der Waals surface area (Å²) >= 11 is 0. The first kappa shape index (κ1) is 22.6. The molecule has 0 radical (unpaired) electrons. The lowest BCUT2D eigenvalue weighted by Gasteiger charge is -2.33. The van der Waals surface area contributed by atoms with E-state index < -0.39 is 17.3 Å². The predicted octanol–water partition coefficient (Wildman–Crippen LogP) is 3.31. The van der Waals surface area contributed by atoms with Crippen LogP contribution in [0.2, 0.25) is 0 Å². The van der Waals surface area contributed by atoms with Crippen molar-refractivity contribution in [3.8, 4) is 11.5 Å². The van der Waals surface area contributed by atoms with Gasteiger partial charge in [-0.25, -0.2) is 13.8 Å². The van der Waals surface area contributed by atoms with Crippen LogP contribution in [0.25, 0.3) is 22.6 Å². The second kappa shape index (κ2) is 7.57. The summed E-state index contributed by atoms with van der Waals surface area (Å²) in [5.41, 5.74) is 4.48. The van der Waals surface area contributed by atoms with Crippen molar-refractivity contribution < 1.29 is 18.3 Å². The van der Waals surface area contributed by atoms with Crippen LogP contribution in [-0.2, 0) is 22.4 Å². The zero-order chi connectivity index (χ0) is 24.7. The molecule has 2 N–H and O–H groups in total. The number of fused-ring (bicyclic) bond motifs is 3. The van der Waals surface area contributed by atoms with Crippen molar-refractivity contribution in [3.63, 3.8) is 0 Å². The molecule has 1 amide bonds. The lowest BCUT2D eigenvalue weighted by molar-refractivity contribution is -0.124. The van der Waals surface area contributed by atoms with Gasteiger partial charge in [0, 0.05) is 54.8 Å². The molecule has 10 heteroatoms. The lowest BCUT2D eigenvalue weighted by Crippen LogP contribution is -2.50. The lowest BCUT2D eigenvalue weighted by atomic mass is 9.87. The Hall–Kier alpha value is -2.85. The number of amides is 1. The number of hydrogen-bond donors (Lipinski definition) is 2. The van der Waals surface area contributed by atoms with Gasteiger partial charge in [-0.05, 0) is 38.0 Å². The number of imidazole rings is 1. The standard InChI is InChI=1S/C25H30F2N6O2/c1-13-9-16-17(11-19(13)32(4)23(34)14(2)33-5-7-35-8-6-33)29-22(28-16)21-15-10-20-24(3,25(20,26)27)12-18(15)30-31-21/h9,11,14,20H,5-8,10,12H2,1-4H3,(H,28,29)(H,30,31)/t14?,20-,24+/m0/s1. The largest absolute Gasteiger partial charge is 0.379 e. The molecule has 1 unspecified atom stereocenters. The number of nitrogens with zero attached hydrogens (tertiary/aromatic N) is 4. The van der Waals surface area contributed by atoms with Crippen molar-refractivity contribution in [2.24, 2.45) is 11.3 Å². The Morgan fingerprint density at radius 2 is 2.06 bits per heavy atom. The number of ether oxygens (including phenoxy) is 1. The molecule has 1 saturated heterocycles. The third-order valence-corrected chi connectivity index (χ3v) is 8.46. The van der Waals surface area contributed by atoms with Gasteiger partial charge in [-0.2, -0.15) is 5.10 Å². The average molecular weight is 485 g/mol. The summed E-state index contributed by atoms with van der Waals surface area (Å²) in [5, 5.41) is 7.42. The third-order valence-electron chi connectivity index (χ3n) is 8.46. The zero-order valence-corrected chi connectivity index (χ0v) is 20.4. The molecule has 3 aromatic rings. The van der Waals surface area contributed by atoms with Gasteiger partial charge in [-0.1, -0.05) is 6.92 Å². The van der Waals surface area contributed by atoms with Crippen molar-refractivity contribution in [1.82, 2.24) is 25.1 Å². The van der Waals surface area contributed by atoms with Crippen LogP contribution in [0.5, 0.6) is 0 Å². The van der Waals surface area contributed by atoms with Crippen molar-refractivity contribution in [2.75, 3.05) is 38.3 Å². The number of anilines is 1. The molecule has 0 bridgehead atoms. The summed E-state index contributed by atoms with van der Waals surface area (Å²) in [5.74, 6) is -2.72. The maximum absolute atomic E-state index is 14.3. The molecular formula is C25H30F2N6O2. The van der Waals surface area contributed by atoms with E-state index in [0.717, 1.165) is 46.6 Å². The van der Waals surface area contributed by atoms with E-state index in [0.29, 0.717) is 37.6 Å². The topological polar surface area (TPSA) is 90.1 Å². The highest BCUT2D eigenvalue weighted by atomic mass is 19.3. The Balaban J connectivity index is 1.29. The summed E-state index contributed by atoms with van der Waals surface area (Å²) in [6.45, 7) is 8.30. The van der Waals surface area contributed by atoms with E-state index in [4.69, 9.17) is 9.72 Å². The summed E-state index contributed by atoms with van der Waals surface area (Å²) in [7, 11) is 1.79. The Morgan fingerprint density at radius 1 is 1.31 bits per heavy atom. The summed E-state index contributed by atoms with van der Waals surface area (Å²) in [6, 6.07) is 3.62. The second-order valence-electron chi connectivity index (χ2n) is 10.5. The smallest absolute Gasteiger partial charge is 0.258 e. The molecule has 0 spiro atoms. The number of rotatable bonds is 4. The predicted molar refractivity (Wildman–Crippen MR) is 128 cm³/mol. The number of likely N-dealkylation sites (N-methyl/N-ethyl adjacent to an activating group) is 1. The van der Waals surface area contributed by atoms with Gasteiger partial charge in [-0.3, -0.25) is 14.8 Å². The number of H-pyrrole nitrogens is 2. The summed E-state index contributed by atoms with van der Waals surface area (Å²) in [4.78, 5) is 25.1. The van der Waals surface area contributed by atoms with Gasteiger partial charge in [0.25, 0.3) is 5.92 Å². The average Bonchev–Trinajstić information content (AvgIpc) is 3.23. The van der Waals surface area contributed by atoms with Crippen LogP contribution >= 0.6 is 0 Å². The van der Waals surface area contributed by atoms with Gasteiger partial charge in [0.1, 0.15) is 5.69 Å². The molecule has 3 atom stereocenters. The van der Waals surface area contributed by atoms with E-state index in [2.05, 4.69) is 20.1 Å². The number of aromatic amines is 2. The SMILES string of the molecule is Cc1cc2nc(-c3n[nH]c4c3C[C@@H]3C(F)(F)[C@]3(C)C4)[nH]c2cc1N(C)C(=O)C(C)N1CCOCC1. The van der Waals surface area contributed by atoms with Crippen LogP contribution in [0.4, 0.5) is 14.5 Å². The molecule has 1 saturated carbocycles. The van der Waals surface area contributed by atoms with E-state index in [1.807, 2.05) is 26.0 Å². The number of aryl methyl sites for hydroxylation is 1. The van der Waals surface area contributed by atoms with E-state index in [9.17, 15) is 13.6 Å². The van der Waals surface area contributed by atoms with E-state index in [1.165, 1.54) is 0 Å². The number of morpholine rings is 1. The maximum atomic E-state index is 14.3. The van der Waals surface area contributed by atoms with Crippen LogP contribution in [0.15, 0.2) is 12.1 Å². The Bertz CT molecular complexity index is 1330. The van der Waals surface area contributed by atoms with Crippen LogP contribution in [0.3, 0.4) is 0 Å². The molecule has 2 aliphatic carbocycles. The molecule has 35 heavy (non-hydrogen) atoms. The quantitative estimate of drug-likeness (QED) is 0.593. The number of nitrogens with one attached hydrogen (secondary N) is 2. The third kappa shape index (κ3) is 3.26. The first-order valence-corrected chi connectivity index (χ1v) is 12.2. The number of carbonyl (C=O) groups is 1. The summed E-state index contributed by atoms with van der Waals surface area (Å²) in [6.07, 6.45) is 0.591. The maximum Gasteiger partial charge on any atom is 0.258 e. The fourth-order valence-corrected chi connectivity index (χ4v) is 5.95. The Morgan fingerprint density at radius 3 is 2.80 bits per heavy atom. The Kier molecular flexibility index (Phi) is 4.89. The van der Waals surface area contributed by atoms with E-state index >= 15 is 0 Å². The molecular weight excluding hydrogens is 454 g/mol. The van der Waals surface area contributed by atoms with Crippen molar-refractivity contribution >= 4 is 22.6 Å². The zero-order valence-electron chi connectivity index (χ0n) is 20.4. The van der Waals surface area contributed by atoms with Crippen LogP contribution < -0.4 is 4.90 Å². The van der Waals surface area contributed by atoms with E-state index in [1.54, 1.807) is 18.9 Å². The highest BCUT2D eigenvalue weighted by Gasteiger charge is 2.78. The highest BCUT2D eigenvalue weighted by molar-refractivity contribution is 5.99. The number of carbonyl (C=O) groups excluding carboxylic acids is 1. The van der Waals surface area contributed by atoms with Crippen molar-refractivity contribution in [3.05, 3.63) is 29.0 Å². The summed E-state index contributed by atoms with van der Waals surface area (Å²) < 4.78 is 34.1. The monoisotopic (exact) mass is 484 g/mol. The van der Waals surface area contributed by atoms with Gasteiger partial charge in [-0.15, -0.1) is 0 Å². The molecule has 2 aromatic heterocycles. The normalized spacial score (nSPS) is 26.3. The van der Waals surface area contributed by atoms with Gasteiger partial charge >= 0.3 is 0 Å². The second-order valence-corrected chi connectivity index (χ2v) is 10.5. The molecule has 8 nitrogen and oxygen atoms in total. The number of benzene rings is 1. The van der Waals surface area contributed by atoms with E-state index in [-0.39, 0.29) is 11.9 Å². The van der Waals surface area contributed by atoms with Crippen LogP contribution in [-0.4, -0.2) is 76.3 Å². The number of hydrogen-bond acceptors (Lipinski definition) is 5. The molecule has 1 aromatic carbocycles. The minimum absolute atomic E-state index is 0.0175. The fraction of sp³-hybridized carbons (Fsp3) is 0.560. The van der Waals surface area contributed by atoms with Crippen molar-refractivity contribution in [1.29, 1.82) is 0 Å². The molecule has 1 aliphatic heterocycles. The fourth-order valence-electron chi connectivity index (χ4n) is 5.95. The number of alkyl halides is 2. The molecule has 186 valence electrons. The number of halogens is 2. The number of aromatic nitrogens is 4.